The van der Waals surface area contributed by atoms with E-state index in [0.717, 1.165) is 38.6 Å². The van der Waals surface area contributed by atoms with Crippen LogP contribution in [0.1, 0.15) is 49.5 Å². The third kappa shape index (κ3) is 3.90. The van der Waals surface area contributed by atoms with Gasteiger partial charge in [0.1, 0.15) is 11.5 Å². The van der Waals surface area contributed by atoms with Crippen LogP contribution in [-0.2, 0) is 0 Å². The first-order valence-corrected chi connectivity index (χ1v) is 7.25. The van der Waals surface area contributed by atoms with Crippen molar-refractivity contribution < 1.29 is 9.90 Å². The Labute approximate surface area is 119 Å². The molecule has 1 aromatic heterocycles. The molecule has 1 aliphatic carbocycles. The molecule has 0 bridgehead atoms. The van der Waals surface area contributed by atoms with Crippen LogP contribution in [-0.4, -0.2) is 39.7 Å². The molecule has 1 saturated carbocycles. The van der Waals surface area contributed by atoms with Crippen molar-refractivity contribution in [3.63, 3.8) is 0 Å². The van der Waals surface area contributed by atoms with E-state index in [-0.39, 0.29) is 17.6 Å². The van der Waals surface area contributed by atoms with Gasteiger partial charge in [0, 0.05) is 6.54 Å². The largest absolute Gasteiger partial charge is 0.391 e. The summed E-state index contributed by atoms with van der Waals surface area (Å²) in [5.41, 5.74) is 0.281. The summed E-state index contributed by atoms with van der Waals surface area (Å²) in [7, 11) is 0. The molecule has 0 aliphatic heterocycles. The molecule has 1 fully saturated rings. The van der Waals surface area contributed by atoms with Crippen LogP contribution in [0, 0.1) is 0 Å². The van der Waals surface area contributed by atoms with E-state index in [0.29, 0.717) is 5.82 Å². The Balaban J connectivity index is 1.97. The summed E-state index contributed by atoms with van der Waals surface area (Å²) < 4.78 is 0. The normalized spacial score (nSPS) is 22.3. The van der Waals surface area contributed by atoms with Crippen LogP contribution in [0.2, 0.25) is 0 Å². The van der Waals surface area contributed by atoms with Gasteiger partial charge in [0.15, 0.2) is 0 Å². The van der Waals surface area contributed by atoms with E-state index >= 15 is 0 Å². The number of nitrogens with one attached hydrogen (secondary N) is 2. The molecule has 0 spiro atoms. The average Bonchev–Trinajstić information content (AvgIpc) is 2.48. The smallest absolute Gasteiger partial charge is 0.271 e. The molecule has 6 heteroatoms. The Morgan fingerprint density at radius 3 is 2.95 bits per heavy atom. The molecular weight excluding hydrogens is 256 g/mol. The van der Waals surface area contributed by atoms with Crippen molar-refractivity contribution >= 4 is 11.7 Å². The SMILES string of the molecule is CCCNc1cncc(C(=O)NC2CCCCC2O)n1. The quantitative estimate of drug-likeness (QED) is 0.756. The lowest BCUT2D eigenvalue weighted by molar-refractivity contribution is 0.0713. The van der Waals surface area contributed by atoms with E-state index in [1.807, 2.05) is 0 Å². The van der Waals surface area contributed by atoms with Gasteiger partial charge in [-0.15, -0.1) is 0 Å². The van der Waals surface area contributed by atoms with Crippen molar-refractivity contribution in [1.82, 2.24) is 15.3 Å². The van der Waals surface area contributed by atoms with Crippen LogP contribution in [0.15, 0.2) is 12.4 Å². The minimum atomic E-state index is -0.456. The molecule has 1 aromatic rings. The summed E-state index contributed by atoms with van der Waals surface area (Å²) >= 11 is 0. The summed E-state index contributed by atoms with van der Waals surface area (Å²) in [4.78, 5) is 20.4. The van der Waals surface area contributed by atoms with Crippen LogP contribution < -0.4 is 10.6 Å². The molecule has 1 aliphatic rings. The zero-order valence-electron chi connectivity index (χ0n) is 11.8. The third-order valence-electron chi connectivity index (χ3n) is 3.47. The highest BCUT2D eigenvalue weighted by Crippen LogP contribution is 2.18. The highest BCUT2D eigenvalue weighted by atomic mass is 16.3. The highest BCUT2D eigenvalue weighted by molar-refractivity contribution is 5.92. The Bertz CT molecular complexity index is 453. The maximum atomic E-state index is 12.1. The van der Waals surface area contributed by atoms with Gasteiger partial charge in [0.2, 0.25) is 0 Å². The van der Waals surface area contributed by atoms with Gasteiger partial charge in [0.25, 0.3) is 5.91 Å². The fourth-order valence-corrected chi connectivity index (χ4v) is 2.34. The summed E-state index contributed by atoms with van der Waals surface area (Å²) in [6, 6.07) is -0.176. The number of aliphatic hydroxyl groups is 1. The molecule has 20 heavy (non-hydrogen) atoms. The van der Waals surface area contributed by atoms with E-state index < -0.39 is 6.10 Å². The topological polar surface area (TPSA) is 87.1 Å². The number of amides is 1. The molecule has 2 atom stereocenters. The van der Waals surface area contributed by atoms with Gasteiger partial charge in [-0.1, -0.05) is 19.8 Å². The second kappa shape index (κ2) is 7.19. The van der Waals surface area contributed by atoms with Crippen molar-refractivity contribution in [3.05, 3.63) is 18.1 Å². The number of rotatable bonds is 5. The number of aliphatic hydroxyl groups excluding tert-OH is 1. The summed E-state index contributed by atoms with van der Waals surface area (Å²) in [6.45, 7) is 2.85. The molecule has 0 radical (unpaired) electrons. The number of anilines is 1. The second-order valence-corrected chi connectivity index (χ2v) is 5.15. The van der Waals surface area contributed by atoms with E-state index in [1.165, 1.54) is 6.20 Å². The monoisotopic (exact) mass is 278 g/mol. The first-order valence-electron chi connectivity index (χ1n) is 7.25. The van der Waals surface area contributed by atoms with Gasteiger partial charge >= 0.3 is 0 Å². The molecule has 2 rings (SSSR count). The molecule has 2 unspecified atom stereocenters. The van der Waals surface area contributed by atoms with Crippen molar-refractivity contribution in [2.24, 2.45) is 0 Å². The highest BCUT2D eigenvalue weighted by Gasteiger charge is 2.25. The van der Waals surface area contributed by atoms with Crippen LogP contribution in [0.5, 0.6) is 0 Å². The minimum absolute atomic E-state index is 0.176. The third-order valence-corrected chi connectivity index (χ3v) is 3.47. The molecular formula is C14H22N4O2. The van der Waals surface area contributed by atoms with Gasteiger partial charge in [-0.2, -0.15) is 0 Å². The fourth-order valence-electron chi connectivity index (χ4n) is 2.34. The molecule has 1 heterocycles. The summed E-state index contributed by atoms with van der Waals surface area (Å²) in [5.74, 6) is 0.326. The van der Waals surface area contributed by atoms with E-state index in [4.69, 9.17) is 0 Å². The Morgan fingerprint density at radius 1 is 1.40 bits per heavy atom. The molecule has 1 amide bonds. The first-order chi connectivity index (χ1) is 9.70. The standard InChI is InChI=1S/C14H22N4O2/c1-2-7-16-13-9-15-8-11(17-13)14(20)18-10-5-3-4-6-12(10)19/h8-10,12,19H,2-7H2,1H3,(H,16,17)(H,18,20). The Morgan fingerprint density at radius 2 is 2.20 bits per heavy atom. The first kappa shape index (κ1) is 14.7. The van der Waals surface area contributed by atoms with Crippen LogP contribution in [0.4, 0.5) is 5.82 Å². The van der Waals surface area contributed by atoms with Crippen LogP contribution in [0.25, 0.3) is 0 Å². The molecule has 0 saturated heterocycles. The summed E-state index contributed by atoms with van der Waals surface area (Å²) in [6.07, 6.45) is 7.18. The van der Waals surface area contributed by atoms with Crippen molar-refractivity contribution in [2.45, 2.75) is 51.2 Å². The number of hydrogen-bond acceptors (Lipinski definition) is 5. The van der Waals surface area contributed by atoms with E-state index in [2.05, 4.69) is 27.5 Å². The Kier molecular flexibility index (Phi) is 5.29. The van der Waals surface area contributed by atoms with Crippen molar-refractivity contribution in [3.8, 4) is 0 Å². The van der Waals surface area contributed by atoms with Gasteiger partial charge in [0.05, 0.1) is 24.5 Å². The van der Waals surface area contributed by atoms with Crippen molar-refractivity contribution in [2.75, 3.05) is 11.9 Å². The van der Waals surface area contributed by atoms with Crippen LogP contribution >= 0.6 is 0 Å². The zero-order valence-corrected chi connectivity index (χ0v) is 11.8. The number of aromatic nitrogens is 2. The average molecular weight is 278 g/mol. The van der Waals surface area contributed by atoms with Gasteiger partial charge in [-0.05, 0) is 19.3 Å². The van der Waals surface area contributed by atoms with E-state index in [1.54, 1.807) is 6.20 Å². The molecule has 3 N–H and O–H groups in total. The molecule has 0 aromatic carbocycles. The van der Waals surface area contributed by atoms with Crippen molar-refractivity contribution in [1.29, 1.82) is 0 Å². The van der Waals surface area contributed by atoms with Gasteiger partial charge in [-0.25, -0.2) is 4.98 Å². The maximum absolute atomic E-state index is 12.1. The number of hydrogen-bond donors (Lipinski definition) is 3. The lowest BCUT2D eigenvalue weighted by atomic mass is 9.92. The second-order valence-electron chi connectivity index (χ2n) is 5.15. The predicted molar refractivity (Wildman–Crippen MR) is 76.5 cm³/mol. The molecule has 110 valence electrons. The van der Waals surface area contributed by atoms with E-state index in [9.17, 15) is 9.90 Å². The lowest BCUT2D eigenvalue weighted by Gasteiger charge is -2.28. The van der Waals surface area contributed by atoms with Crippen LogP contribution in [0.3, 0.4) is 0 Å². The number of carbonyl (C=O) groups is 1. The Hall–Kier alpha value is -1.69. The summed E-state index contributed by atoms with van der Waals surface area (Å²) in [5, 5.41) is 15.8. The zero-order chi connectivity index (χ0) is 14.4. The lowest BCUT2D eigenvalue weighted by Crippen LogP contribution is -2.45. The molecule has 6 nitrogen and oxygen atoms in total. The fraction of sp³-hybridized carbons (Fsp3) is 0.643. The van der Waals surface area contributed by atoms with Gasteiger partial charge < -0.3 is 15.7 Å². The predicted octanol–water partition coefficient (Wildman–Crippen LogP) is 1.33. The minimum Gasteiger partial charge on any atom is -0.391 e. The number of nitrogens with zero attached hydrogens (tertiary/aromatic N) is 2. The number of carbonyl (C=O) groups excluding carboxylic acids is 1. The maximum Gasteiger partial charge on any atom is 0.271 e. The van der Waals surface area contributed by atoms with Gasteiger partial charge in [-0.3, -0.25) is 9.78 Å².